The minimum Gasteiger partial charge on any atom is -0.465 e. The van der Waals surface area contributed by atoms with Crippen LogP contribution in [0.3, 0.4) is 0 Å². The predicted octanol–water partition coefficient (Wildman–Crippen LogP) is 2.34. The molecule has 1 aromatic heterocycles. The van der Waals surface area contributed by atoms with Crippen LogP contribution in [-0.4, -0.2) is 40.0 Å². The number of fused-ring (bicyclic) bond motifs is 1. The molecule has 5 nitrogen and oxygen atoms in total. The Kier molecular flexibility index (Phi) is 4.74. The number of ether oxygens (including phenoxy) is 1. The highest BCUT2D eigenvalue weighted by Crippen LogP contribution is 2.13. The number of nitrogens with zero attached hydrogens (tertiary/aromatic N) is 2. The van der Waals surface area contributed by atoms with Gasteiger partial charge in [-0.3, -0.25) is 9.69 Å². The van der Waals surface area contributed by atoms with Gasteiger partial charge in [0.05, 0.1) is 30.7 Å². The Balaban J connectivity index is 2.09. The number of aromatic amines is 1. The normalized spacial score (nSPS) is 11.4. The molecule has 0 spiro atoms. The van der Waals surface area contributed by atoms with Crippen molar-refractivity contribution in [3.8, 4) is 0 Å². The summed E-state index contributed by atoms with van der Waals surface area (Å²) in [6.45, 7) is 7.23. The van der Waals surface area contributed by atoms with E-state index in [1.807, 2.05) is 36.1 Å². The fourth-order valence-corrected chi connectivity index (χ4v) is 2.07. The molecule has 0 saturated carbocycles. The Morgan fingerprint density at radius 1 is 1.40 bits per heavy atom. The lowest BCUT2D eigenvalue weighted by Gasteiger charge is -2.24. The Morgan fingerprint density at radius 2 is 2.15 bits per heavy atom. The number of hydrogen-bond donors (Lipinski definition) is 1. The molecule has 1 aromatic carbocycles. The average Bonchev–Trinajstić information content (AvgIpc) is 2.80. The Bertz CT molecular complexity index is 544. The molecule has 0 amide bonds. The number of H-pyrrole nitrogens is 1. The predicted molar refractivity (Wildman–Crippen MR) is 78.3 cm³/mol. The fourth-order valence-electron chi connectivity index (χ4n) is 2.07. The summed E-state index contributed by atoms with van der Waals surface area (Å²) < 4.78 is 5.01. The van der Waals surface area contributed by atoms with Crippen molar-refractivity contribution in [2.75, 3.05) is 13.2 Å². The van der Waals surface area contributed by atoms with E-state index in [-0.39, 0.29) is 18.6 Å². The van der Waals surface area contributed by atoms with Gasteiger partial charge in [-0.25, -0.2) is 4.98 Å². The quantitative estimate of drug-likeness (QED) is 0.822. The second kappa shape index (κ2) is 6.52. The summed E-state index contributed by atoms with van der Waals surface area (Å²) in [7, 11) is 0. The lowest BCUT2D eigenvalue weighted by atomic mass is 10.3. The van der Waals surface area contributed by atoms with Crippen LogP contribution in [0.2, 0.25) is 0 Å². The lowest BCUT2D eigenvalue weighted by molar-refractivity contribution is -0.145. The number of nitrogens with one attached hydrogen (secondary N) is 1. The molecule has 0 unspecified atom stereocenters. The number of aromatic nitrogens is 2. The number of imidazole rings is 1. The SMILES string of the molecule is CCOC(=O)CN(Cc1nc2ccccc2[nH]1)C(C)C. The highest BCUT2D eigenvalue weighted by molar-refractivity contribution is 5.74. The Morgan fingerprint density at radius 3 is 2.80 bits per heavy atom. The van der Waals surface area contributed by atoms with Crippen LogP contribution in [0.25, 0.3) is 11.0 Å². The highest BCUT2D eigenvalue weighted by Gasteiger charge is 2.16. The zero-order chi connectivity index (χ0) is 14.5. The maximum Gasteiger partial charge on any atom is 0.320 e. The van der Waals surface area contributed by atoms with E-state index in [1.165, 1.54) is 0 Å². The number of esters is 1. The van der Waals surface area contributed by atoms with Crippen molar-refractivity contribution < 1.29 is 9.53 Å². The van der Waals surface area contributed by atoms with Crippen LogP contribution < -0.4 is 0 Å². The van der Waals surface area contributed by atoms with Gasteiger partial charge in [0, 0.05) is 6.04 Å². The van der Waals surface area contributed by atoms with Gasteiger partial charge in [0.25, 0.3) is 0 Å². The number of carbonyl (C=O) groups excluding carboxylic acids is 1. The molecule has 1 N–H and O–H groups in total. The molecule has 108 valence electrons. The third-order valence-electron chi connectivity index (χ3n) is 3.16. The van der Waals surface area contributed by atoms with Crippen LogP contribution in [-0.2, 0) is 16.1 Å². The van der Waals surface area contributed by atoms with E-state index in [9.17, 15) is 4.79 Å². The second-order valence-corrected chi connectivity index (χ2v) is 5.00. The Labute approximate surface area is 118 Å². The zero-order valence-corrected chi connectivity index (χ0v) is 12.2. The first kappa shape index (κ1) is 14.5. The summed E-state index contributed by atoms with van der Waals surface area (Å²) in [5.74, 6) is 0.668. The number of benzene rings is 1. The van der Waals surface area contributed by atoms with Crippen LogP contribution in [0.1, 0.15) is 26.6 Å². The minimum atomic E-state index is -0.197. The lowest BCUT2D eigenvalue weighted by Crippen LogP contribution is -2.36. The summed E-state index contributed by atoms with van der Waals surface area (Å²) in [5.41, 5.74) is 1.96. The van der Waals surface area contributed by atoms with Gasteiger partial charge in [0.15, 0.2) is 0 Å². The largest absolute Gasteiger partial charge is 0.465 e. The van der Waals surface area contributed by atoms with Crippen molar-refractivity contribution in [3.05, 3.63) is 30.1 Å². The van der Waals surface area contributed by atoms with Gasteiger partial charge in [-0.05, 0) is 32.9 Å². The second-order valence-electron chi connectivity index (χ2n) is 5.00. The summed E-state index contributed by atoms with van der Waals surface area (Å²) in [6.07, 6.45) is 0. The number of rotatable bonds is 6. The third-order valence-corrected chi connectivity index (χ3v) is 3.16. The van der Waals surface area contributed by atoms with Crippen LogP contribution >= 0.6 is 0 Å². The molecule has 1 heterocycles. The molecule has 0 radical (unpaired) electrons. The first-order chi connectivity index (χ1) is 9.60. The van der Waals surface area contributed by atoms with E-state index in [2.05, 4.69) is 23.8 Å². The van der Waals surface area contributed by atoms with E-state index in [0.717, 1.165) is 16.9 Å². The first-order valence-electron chi connectivity index (χ1n) is 6.93. The van der Waals surface area contributed by atoms with Crippen molar-refractivity contribution in [2.24, 2.45) is 0 Å². The average molecular weight is 275 g/mol. The van der Waals surface area contributed by atoms with Crippen molar-refractivity contribution in [2.45, 2.75) is 33.4 Å². The summed E-state index contributed by atoms with van der Waals surface area (Å²) in [6, 6.07) is 8.15. The summed E-state index contributed by atoms with van der Waals surface area (Å²) in [5, 5.41) is 0. The molecule has 0 bridgehead atoms. The summed E-state index contributed by atoms with van der Waals surface area (Å²) in [4.78, 5) is 21.5. The molecule has 20 heavy (non-hydrogen) atoms. The molecule has 0 aliphatic carbocycles. The van der Waals surface area contributed by atoms with E-state index < -0.39 is 0 Å². The standard InChI is InChI=1S/C15H21N3O2/c1-4-20-15(19)10-18(11(2)3)9-14-16-12-7-5-6-8-13(12)17-14/h5-8,11H,4,9-10H2,1-3H3,(H,16,17). The van der Waals surface area contributed by atoms with Crippen LogP contribution in [0.15, 0.2) is 24.3 Å². The van der Waals surface area contributed by atoms with E-state index in [4.69, 9.17) is 4.74 Å². The molecule has 2 aromatic rings. The molecule has 0 aliphatic heterocycles. The molecule has 0 saturated heterocycles. The molecule has 0 fully saturated rings. The monoisotopic (exact) mass is 275 g/mol. The van der Waals surface area contributed by atoms with Crippen LogP contribution in [0.4, 0.5) is 0 Å². The number of carbonyl (C=O) groups is 1. The van der Waals surface area contributed by atoms with Crippen molar-refractivity contribution >= 4 is 17.0 Å². The molecular weight excluding hydrogens is 254 g/mol. The van der Waals surface area contributed by atoms with E-state index in [1.54, 1.807) is 0 Å². The highest BCUT2D eigenvalue weighted by atomic mass is 16.5. The zero-order valence-electron chi connectivity index (χ0n) is 12.2. The van der Waals surface area contributed by atoms with E-state index in [0.29, 0.717) is 13.2 Å². The van der Waals surface area contributed by atoms with Gasteiger partial charge in [-0.1, -0.05) is 12.1 Å². The third kappa shape index (κ3) is 3.57. The topological polar surface area (TPSA) is 58.2 Å². The molecule has 5 heteroatoms. The molecule has 2 rings (SSSR count). The minimum absolute atomic E-state index is 0.197. The van der Waals surface area contributed by atoms with Gasteiger partial charge in [0.1, 0.15) is 5.82 Å². The maximum atomic E-state index is 11.6. The van der Waals surface area contributed by atoms with Crippen LogP contribution in [0.5, 0.6) is 0 Å². The van der Waals surface area contributed by atoms with Gasteiger partial charge in [-0.2, -0.15) is 0 Å². The Hall–Kier alpha value is -1.88. The smallest absolute Gasteiger partial charge is 0.320 e. The van der Waals surface area contributed by atoms with Crippen molar-refractivity contribution in [1.82, 2.24) is 14.9 Å². The van der Waals surface area contributed by atoms with Crippen molar-refractivity contribution in [1.29, 1.82) is 0 Å². The van der Waals surface area contributed by atoms with Gasteiger partial charge in [0.2, 0.25) is 0 Å². The number of hydrogen-bond acceptors (Lipinski definition) is 4. The fraction of sp³-hybridized carbons (Fsp3) is 0.467. The first-order valence-corrected chi connectivity index (χ1v) is 6.93. The summed E-state index contributed by atoms with van der Waals surface area (Å²) >= 11 is 0. The van der Waals surface area contributed by atoms with E-state index >= 15 is 0 Å². The molecular formula is C15H21N3O2. The molecule has 0 aliphatic rings. The van der Waals surface area contributed by atoms with Gasteiger partial charge < -0.3 is 9.72 Å². The van der Waals surface area contributed by atoms with Crippen molar-refractivity contribution in [3.63, 3.8) is 0 Å². The van der Waals surface area contributed by atoms with Gasteiger partial charge >= 0.3 is 5.97 Å². The number of para-hydroxylation sites is 2. The van der Waals surface area contributed by atoms with Crippen LogP contribution in [0, 0.1) is 0 Å². The maximum absolute atomic E-state index is 11.6. The van der Waals surface area contributed by atoms with Gasteiger partial charge in [-0.15, -0.1) is 0 Å². The molecule has 0 atom stereocenters.